The molecule has 132 valence electrons. The highest BCUT2D eigenvalue weighted by Crippen LogP contribution is 2.32. The van der Waals surface area contributed by atoms with E-state index in [-0.39, 0.29) is 11.8 Å². The van der Waals surface area contributed by atoms with Crippen LogP contribution in [0.4, 0.5) is 0 Å². The standard InChI is InChI=1S/C21H26N2O2/c1-15-7-6-10-19(11-15)25-16(2)21(24)23-13-18(12-22)20(14-23)17-8-4-3-5-9-17/h3-11,16,18,20H,12-14,22H2,1-2H3/t16?,18-,20+/m1/s1. The quantitative estimate of drug-likeness (QED) is 0.912. The summed E-state index contributed by atoms with van der Waals surface area (Å²) in [5, 5.41) is 0. The van der Waals surface area contributed by atoms with Crippen molar-refractivity contribution in [3.05, 3.63) is 65.7 Å². The van der Waals surface area contributed by atoms with Gasteiger partial charge in [-0.2, -0.15) is 0 Å². The molecule has 1 heterocycles. The molecule has 0 aliphatic carbocycles. The topological polar surface area (TPSA) is 55.6 Å². The highest BCUT2D eigenvalue weighted by Gasteiger charge is 2.37. The molecule has 3 atom stereocenters. The van der Waals surface area contributed by atoms with E-state index in [0.717, 1.165) is 11.3 Å². The number of hydrogen-bond acceptors (Lipinski definition) is 3. The molecule has 25 heavy (non-hydrogen) atoms. The van der Waals surface area contributed by atoms with Gasteiger partial charge in [-0.15, -0.1) is 0 Å². The lowest BCUT2D eigenvalue weighted by molar-refractivity contribution is -0.137. The number of amides is 1. The van der Waals surface area contributed by atoms with E-state index < -0.39 is 6.10 Å². The number of nitrogens with zero attached hydrogens (tertiary/aromatic N) is 1. The van der Waals surface area contributed by atoms with E-state index in [9.17, 15) is 4.79 Å². The van der Waals surface area contributed by atoms with Gasteiger partial charge in [-0.25, -0.2) is 0 Å². The number of benzene rings is 2. The summed E-state index contributed by atoms with van der Waals surface area (Å²) in [5.74, 6) is 1.34. The Hall–Kier alpha value is -2.33. The maximum absolute atomic E-state index is 12.8. The van der Waals surface area contributed by atoms with Crippen LogP contribution >= 0.6 is 0 Å². The molecule has 1 unspecified atom stereocenters. The minimum absolute atomic E-state index is 0.0263. The minimum atomic E-state index is -0.505. The third kappa shape index (κ3) is 4.02. The summed E-state index contributed by atoms with van der Waals surface area (Å²) >= 11 is 0. The Morgan fingerprint density at radius 1 is 1.20 bits per heavy atom. The Bertz CT molecular complexity index is 717. The van der Waals surface area contributed by atoms with Crippen molar-refractivity contribution < 1.29 is 9.53 Å². The highest BCUT2D eigenvalue weighted by atomic mass is 16.5. The Labute approximate surface area is 149 Å². The summed E-state index contributed by atoms with van der Waals surface area (Å²) in [6.07, 6.45) is -0.505. The molecule has 2 aromatic rings. The summed E-state index contributed by atoms with van der Waals surface area (Å²) in [7, 11) is 0. The normalized spacial score (nSPS) is 21.2. The first-order valence-electron chi connectivity index (χ1n) is 8.85. The molecule has 1 aliphatic rings. The van der Waals surface area contributed by atoms with Gasteiger partial charge < -0.3 is 15.4 Å². The molecule has 4 heteroatoms. The van der Waals surface area contributed by atoms with Gasteiger partial charge in [0.1, 0.15) is 5.75 Å². The molecule has 0 radical (unpaired) electrons. The van der Waals surface area contributed by atoms with Gasteiger partial charge in [-0.1, -0.05) is 42.5 Å². The number of carbonyl (C=O) groups excluding carboxylic acids is 1. The second-order valence-corrected chi connectivity index (χ2v) is 6.83. The van der Waals surface area contributed by atoms with Crippen molar-refractivity contribution >= 4 is 5.91 Å². The molecule has 2 aromatic carbocycles. The molecule has 1 amide bonds. The van der Waals surface area contributed by atoms with Gasteiger partial charge >= 0.3 is 0 Å². The van der Waals surface area contributed by atoms with Crippen LogP contribution in [0.2, 0.25) is 0 Å². The smallest absolute Gasteiger partial charge is 0.263 e. The van der Waals surface area contributed by atoms with Gasteiger partial charge in [0.15, 0.2) is 6.10 Å². The van der Waals surface area contributed by atoms with Crippen LogP contribution in [0.25, 0.3) is 0 Å². The van der Waals surface area contributed by atoms with Crippen molar-refractivity contribution in [1.29, 1.82) is 0 Å². The van der Waals surface area contributed by atoms with Crippen LogP contribution in [0, 0.1) is 12.8 Å². The van der Waals surface area contributed by atoms with Crippen molar-refractivity contribution in [3.63, 3.8) is 0 Å². The molecular weight excluding hydrogens is 312 g/mol. The number of hydrogen-bond donors (Lipinski definition) is 1. The van der Waals surface area contributed by atoms with Crippen LogP contribution < -0.4 is 10.5 Å². The fourth-order valence-corrected chi connectivity index (χ4v) is 3.57. The van der Waals surface area contributed by atoms with Crippen molar-refractivity contribution in [3.8, 4) is 5.75 Å². The van der Waals surface area contributed by atoms with Gasteiger partial charge in [0.2, 0.25) is 0 Å². The first-order chi connectivity index (χ1) is 12.1. The molecule has 0 saturated carbocycles. The summed E-state index contributed by atoms with van der Waals surface area (Å²) < 4.78 is 5.86. The monoisotopic (exact) mass is 338 g/mol. The number of carbonyl (C=O) groups is 1. The summed E-state index contributed by atoms with van der Waals surface area (Å²) in [6.45, 7) is 5.80. The number of rotatable bonds is 5. The van der Waals surface area contributed by atoms with Gasteiger partial charge in [-0.3, -0.25) is 4.79 Å². The van der Waals surface area contributed by atoms with Crippen LogP contribution in [0.5, 0.6) is 5.75 Å². The van der Waals surface area contributed by atoms with E-state index in [4.69, 9.17) is 10.5 Å². The Morgan fingerprint density at radius 2 is 1.96 bits per heavy atom. The van der Waals surface area contributed by atoms with Crippen molar-refractivity contribution in [2.45, 2.75) is 25.9 Å². The predicted octanol–water partition coefficient (Wildman–Crippen LogP) is 2.96. The second kappa shape index (κ2) is 7.70. The summed E-state index contributed by atoms with van der Waals surface area (Å²) in [5.41, 5.74) is 8.34. The van der Waals surface area contributed by atoms with Gasteiger partial charge in [0.05, 0.1) is 0 Å². The fourth-order valence-electron chi connectivity index (χ4n) is 3.57. The lowest BCUT2D eigenvalue weighted by Gasteiger charge is -2.22. The van der Waals surface area contributed by atoms with Crippen LogP contribution in [-0.2, 0) is 4.79 Å². The molecule has 0 spiro atoms. The third-order valence-corrected chi connectivity index (χ3v) is 4.93. The molecule has 1 aliphatic heterocycles. The van der Waals surface area contributed by atoms with E-state index in [0.29, 0.717) is 25.6 Å². The van der Waals surface area contributed by atoms with Crippen LogP contribution in [-0.4, -0.2) is 36.5 Å². The highest BCUT2D eigenvalue weighted by molar-refractivity contribution is 5.81. The van der Waals surface area contributed by atoms with Crippen LogP contribution in [0.3, 0.4) is 0 Å². The third-order valence-electron chi connectivity index (χ3n) is 4.93. The largest absolute Gasteiger partial charge is 0.481 e. The predicted molar refractivity (Wildman–Crippen MR) is 99.6 cm³/mol. The molecule has 2 N–H and O–H groups in total. The molecule has 1 fully saturated rings. The second-order valence-electron chi connectivity index (χ2n) is 6.83. The molecular formula is C21H26N2O2. The fraction of sp³-hybridized carbons (Fsp3) is 0.381. The van der Waals surface area contributed by atoms with E-state index in [1.54, 1.807) is 0 Å². The van der Waals surface area contributed by atoms with Crippen molar-refractivity contribution in [2.24, 2.45) is 11.7 Å². The van der Waals surface area contributed by atoms with Gasteiger partial charge in [-0.05, 0) is 49.6 Å². The molecule has 3 rings (SSSR count). The summed E-state index contributed by atoms with van der Waals surface area (Å²) in [4.78, 5) is 14.7. The number of likely N-dealkylation sites (tertiary alicyclic amines) is 1. The average Bonchev–Trinajstić information content (AvgIpc) is 3.06. The van der Waals surface area contributed by atoms with Crippen molar-refractivity contribution in [1.82, 2.24) is 4.90 Å². The van der Waals surface area contributed by atoms with Crippen molar-refractivity contribution in [2.75, 3.05) is 19.6 Å². The van der Waals surface area contributed by atoms with Crippen LogP contribution in [0.15, 0.2) is 54.6 Å². The average molecular weight is 338 g/mol. The SMILES string of the molecule is Cc1cccc(OC(C)C(=O)N2C[C@@H](CN)[C@H](c3ccccc3)C2)c1. The Morgan fingerprint density at radius 3 is 2.64 bits per heavy atom. The zero-order chi connectivity index (χ0) is 17.8. The van der Waals surface area contributed by atoms with E-state index >= 15 is 0 Å². The zero-order valence-electron chi connectivity index (χ0n) is 14.9. The molecule has 4 nitrogen and oxygen atoms in total. The summed E-state index contributed by atoms with van der Waals surface area (Å²) in [6, 6.07) is 18.1. The maximum Gasteiger partial charge on any atom is 0.263 e. The number of nitrogens with two attached hydrogens (primary N) is 1. The zero-order valence-corrected chi connectivity index (χ0v) is 14.9. The Kier molecular flexibility index (Phi) is 5.39. The van der Waals surface area contributed by atoms with Crippen LogP contribution in [0.1, 0.15) is 24.0 Å². The molecule has 1 saturated heterocycles. The first kappa shape index (κ1) is 17.5. The lowest BCUT2D eigenvalue weighted by Crippen LogP contribution is -2.39. The Balaban J connectivity index is 1.68. The molecule has 0 aromatic heterocycles. The van der Waals surface area contributed by atoms with E-state index in [1.165, 1.54) is 5.56 Å². The van der Waals surface area contributed by atoms with Gasteiger partial charge in [0.25, 0.3) is 5.91 Å². The van der Waals surface area contributed by atoms with E-state index in [2.05, 4.69) is 12.1 Å². The van der Waals surface area contributed by atoms with Gasteiger partial charge in [0, 0.05) is 19.0 Å². The minimum Gasteiger partial charge on any atom is -0.481 e. The number of aryl methyl sites for hydroxylation is 1. The maximum atomic E-state index is 12.8. The molecule has 0 bridgehead atoms. The lowest BCUT2D eigenvalue weighted by atomic mass is 9.89. The van der Waals surface area contributed by atoms with E-state index in [1.807, 2.05) is 61.2 Å². The number of ether oxygens (including phenoxy) is 1. The first-order valence-corrected chi connectivity index (χ1v) is 8.85.